The van der Waals surface area contributed by atoms with Gasteiger partial charge in [0.05, 0.1) is 0 Å². The fourth-order valence-electron chi connectivity index (χ4n) is 3.84. The molecule has 3 rings (SSSR count). The van der Waals surface area contributed by atoms with Crippen LogP contribution in [0.5, 0.6) is 0 Å². The molecule has 3 atom stereocenters. The van der Waals surface area contributed by atoms with E-state index in [4.69, 9.17) is 0 Å². The first-order valence-electron chi connectivity index (χ1n) is 7.59. The molecule has 1 heterocycles. The van der Waals surface area contributed by atoms with E-state index in [1.54, 1.807) is 0 Å². The molecule has 0 aromatic carbocycles. The van der Waals surface area contributed by atoms with Gasteiger partial charge in [-0.15, -0.1) is 0 Å². The molecule has 2 bridgehead atoms. The Morgan fingerprint density at radius 1 is 1.45 bits per heavy atom. The Bertz CT molecular complexity index is 521. The number of carbonyl (C=O) groups excluding carboxylic acids is 1. The highest BCUT2D eigenvalue weighted by molar-refractivity contribution is 5.76. The third-order valence-electron chi connectivity index (χ3n) is 4.85. The molecule has 0 spiro atoms. The molecule has 2 fully saturated rings. The van der Waals surface area contributed by atoms with Crippen LogP contribution < -0.4 is 11.0 Å². The van der Waals surface area contributed by atoms with Crippen LogP contribution in [-0.2, 0) is 11.3 Å². The summed E-state index contributed by atoms with van der Waals surface area (Å²) in [6.45, 7) is 1.21. The lowest BCUT2D eigenvalue weighted by molar-refractivity contribution is -0.122. The van der Waals surface area contributed by atoms with E-state index in [1.165, 1.54) is 36.6 Å². The zero-order chi connectivity index (χ0) is 13.9. The second-order valence-corrected chi connectivity index (χ2v) is 6.20. The van der Waals surface area contributed by atoms with Crippen molar-refractivity contribution >= 4 is 5.91 Å². The number of carbonyl (C=O) groups is 1. The van der Waals surface area contributed by atoms with Gasteiger partial charge in [0.15, 0.2) is 0 Å². The van der Waals surface area contributed by atoms with E-state index in [-0.39, 0.29) is 11.6 Å². The van der Waals surface area contributed by atoms with Crippen molar-refractivity contribution in [3.05, 3.63) is 16.8 Å². The monoisotopic (exact) mass is 278 g/mol. The summed E-state index contributed by atoms with van der Waals surface area (Å²) < 4.78 is 1.52. The number of nitrogens with one attached hydrogen (secondary N) is 2. The first-order valence-corrected chi connectivity index (χ1v) is 7.59. The van der Waals surface area contributed by atoms with Gasteiger partial charge < -0.3 is 5.32 Å². The summed E-state index contributed by atoms with van der Waals surface area (Å²) in [4.78, 5) is 23.1. The number of aromatic amines is 1. The van der Waals surface area contributed by atoms with E-state index < -0.39 is 0 Å². The number of rotatable bonds is 6. The summed E-state index contributed by atoms with van der Waals surface area (Å²) in [7, 11) is 0. The van der Waals surface area contributed by atoms with Gasteiger partial charge in [-0.25, -0.2) is 9.89 Å². The normalized spacial score (nSPS) is 27.9. The third kappa shape index (κ3) is 2.94. The standard InChI is InChI=1S/C14H22N4O2/c19-13(8-12-7-10-2-3-11(12)6-10)15-4-1-5-18-9-16-17-14(18)20/h9-12H,1-8H2,(H,15,19)(H,17,20). The second-order valence-electron chi connectivity index (χ2n) is 6.20. The van der Waals surface area contributed by atoms with Crippen LogP contribution in [0, 0.1) is 17.8 Å². The molecule has 110 valence electrons. The van der Waals surface area contributed by atoms with Crippen LogP contribution in [0.1, 0.15) is 38.5 Å². The molecule has 2 aliphatic carbocycles. The minimum Gasteiger partial charge on any atom is -0.356 e. The summed E-state index contributed by atoms with van der Waals surface area (Å²) in [6, 6.07) is 0. The Morgan fingerprint density at radius 2 is 2.35 bits per heavy atom. The van der Waals surface area contributed by atoms with E-state index in [9.17, 15) is 9.59 Å². The Morgan fingerprint density at radius 3 is 3.00 bits per heavy atom. The van der Waals surface area contributed by atoms with Crippen molar-refractivity contribution in [3.8, 4) is 0 Å². The van der Waals surface area contributed by atoms with Crippen LogP contribution in [-0.4, -0.2) is 27.2 Å². The van der Waals surface area contributed by atoms with Gasteiger partial charge in [0, 0.05) is 19.5 Å². The predicted molar refractivity (Wildman–Crippen MR) is 74.0 cm³/mol. The first-order chi connectivity index (χ1) is 9.72. The average molecular weight is 278 g/mol. The second kappa shape index (κ2) is 5.81. The topological polar surface area (TPSA) is 79.8 Å². The lowest BCUT2D eigenvalue weighted by Crippen LogP contribution is -2.29. The maximum atomic E-state index is 11.9. The Balaban J connectivity index is 1.33. The lowest BCUT2D eigenvalue weighted by atomic mass is 9.86. The van der Waals surface area contributed by atoms with E-state index in [0.29, 0.717) is 25.4 Å². The molecular formula is C14H22N4O2. The Labute approximate surface area is 117 Å². The van der Waals surface area contributed by atoms with Gasteiger partial charge in [-0.3, -0.25) is 9.36 Å². The molecule has 6 nitrogen and oxygen atoms in total. The number of hydrogen-bond donors (Lipinski definition) is 2. The van der Waals surface area contributed by atoms with Crippen molar-refractivity contribution in [3.63, 3.8) is 0 Å². The molecule has 2 aliphatic rings. The molecule has 0 saturated heterocycles. The van der Waals surface area contributed by atoms with Gasteiger partial charge >= 0.3 is 5.69 Å². The number of hydrogen-bond acceptors (Lipinski definition) is 3. The van der Waals surface area contributed by atoms with Crippen LogP contribution in [0.25, 0.3) is 0 Å². The molecule has 2 N–H and O–H groups in total. The lowest BCUT2D eigenvalue weighted by Gasteiger charge is -2.20. The van der Waals surface area contributed by atoms with Crippen LogP contribution in [0.2, 0.25) is 0 Å². The van der Waals surface area contributed by atoms with E-state index in [0.717, 1.165) is 18.3 Å². The summed E-state index contributed by atoms with van der Waals surface area (Å²) >= 11 is 0. The molecule has 0 radical (unpaired) electrons. The predicted octanol–water partition coefficient (Wildman–Crippen LogP) is 0.904. The number of H-pyrrole nitrogens is 1. The van der Waals surface area contributed by atoms with Crippen LogP contribution in [0.4, 0.5) is 0 Å². The zero-order valence-electron chi connectivity index (χ0n) is 11.7. The highest BCUT2D eigenvalue weighted by Gasteiger charge is 2.39. The molecule has 6 heteroatoms. The van der Waals surface area contributed by atoms with Crippen LogP contribution in [0.3, 0.4) is 0 Å². The van der Waals surface area contributed by atoms with Gasteiger partial charge in [-0.2, -0.15) is 5.10 Å². The highest BCUT2D eigenvalue weighted by Crippen LogP contribution is 2.49. The van der Waals surface area contributed by atoms with Crippen molar-refractivity contribution in [2.45, 2.75) is 45.1 Å². The third-order valence-corrected chi connectivity index (χ3v) is 4.85. The van der Waals surface area contributed by atoms with Crippen LogP contribution >= 0.6 is 0 Å². The van der Waals surface area contributed by atoms with Crippen molar-refractivity contribution in [1.82, 2.24) is 20.1 Å². The fraction of sp³-hybridized carbons (Fsp3) is 0.786. The van der Waals surface area contributed by atoms with Gasteiger partial charge in [0.25, 0.3) is 0 Å². The number of fused-ring (bicyclic) bond motifs is 2. The van der Waals surface area contributed by atoms with E-state index in [2.05, 4.69) is 15.5 Å². The van der Waals surface area contributed by atoms with E-state index >= 15 is 0 Å². The quantitative estimate of drug-likeness (QED) is 0.759. The summed E-state index contributed by atoms with van der Waals surface area (Å²) in [6.07, 6.45) is 8.23. The van der Waals surface area contributed by atoms with Gasteiger partial charge in [-0.05, 0) is 43.4 Å². The van der Waals surface area contributed by atoms with Crippen molar-refractivity contribution in [2.75, 3.05) is 6.54 Å². The molecular weight excluding hydrogens is 256 g/mol. The van der Waals surface area contributed by atoms with Gasteiger partial charge in [-0.1, -0.05) is 6.42 Å². The smallest absolute Gasteiger partial charge is 0.343 e. The molecule has 2 saturated carbocycles. The Kier molecular flexibility index (Phi) is 3.89. The molecule has 1 aromatic heterocycles. The number of amides is 1. The fourth-order valence-corrected chi connectivity index (χ4v) is 3.84. The molecule has 3 unspecified atom stereocenters. The maximum Gasteiger partial charge on any atom is 0.343 e. The van der Waals surface area contributed by atoms with Gasteiger partial charge in [0.2, 0.25) is 5.91 Å². The largest absolute Gasteiger partial charge is 0.356 e. The molecule has 1 amide bonds. The van der Waals surface area contributed by atoms with Crippen LogP contribution in [0.15, 0.2) is 11.1 Å². The Hall–Kier alpha value is -1.59. The molecule has 20 heavy (non-hydrogen) atoms. The minimum atomic E-state index is -0.196. The molecule has 1 aromatic rings. The van der Waals surface area contributed by atoms with Crippen molar-refractivity contribution < 1.29 is 4.79 Å². The van der Waals surface area contributed by atoms with Crippen molar-refractivity contribution in [2.24, 2.45) is 17.8 Å². The summed E-state index contributed by atoms with van der Waals surface area (Å²) in [5.41, 5.74) is -0.196. The highest BCUT2D eigenvalue weighted by atomic mass is 16.2. The zero-order valence-corrected chi connectivity index (χ0v) is 11.7. The first kappa shape index (κ1) is 13.4. The summed E-state index contributed by atoms with van der Waals surface area (Å²) in [5.74, 6) is 2.48. The maximum absolute atomic E-state index is 11.9. The SMILES string of the molecule is O=C(CC1CC2CCC1C2)NCCCn1cn[nH]c1=O. The number of aromatic nitrogens is 3. The molecule has 0 aliphatic heterocycles. The summed E-state index contributed by atoms with van der Waals surface area (Å²) in [5, 5.41) is 8.98. The van der Waals surface area contributed by atoms with Gasteiger partial charge in [0.1, 0.15) is 6.33 Å². The number of nitrogens with zero attached hydrogens (tertiary/aromatic N) is 2. The van der Waals surface area contributed by atoms with E-state index in [1.807, 2.05) is 0 Å². The van der Waals surface area contributed by atoms with Crippen molar-refractivity contribution in [1.29, 1.82) is 0 Å². The average Bonchev–Trinajstić information content (AvgIpc) is 3.12. The number of aryl methyl sites for hydroxylation is 1. The minimum absolute atomic E-state index is 0.169.